The van der Waals surface area contributed by atoms with Crippen LogP contribution in [0.4, 0.5) is 0 Å². The third-order valence-electron chi connectivity index (χ3n) is 4.21. The van der Waals surface area contributed by atoms with Crippen molar-refractivity contribution in [3.8, 4) is 11.5 Å². The van der Waals surface area contributed by atoms with Gasteiger partial charge in [0.25, 0.3) is 11.1 Å². The summed E-state index contributed by atoms with van der Waals surface area (Å²) in [5.74, 6) is 0.724. The third-order valence-corrected chi connectivity index (χ3v) is 5.01. The predicted molar refractivity (Wildman–Crippen MR) is 93.4 cm³/mol. The lowest BCUT2D eigenvalue weighted by atomic mass is 9.98. The van der Waals surface area contributed by atoms with Crippen molar-refractivity contribution < 1.29 is 23.2 Å². The number of nitrogens with zero attached hydrogens (tertiary/aromatic N) is 3. The molecule has 1 aliphatic rings. The van der Waals surface area contributed by atoms with Gasteiger partial charge in [-0.15, -0.1) is 10.2 Å². The number of aryl methyl sites for hydroxylation is 1. The molecule has 26 heavy (non-hydrogen) atoms. The molecule has 1 aliphatic heterocycles. The second-order valence-electron chi connectivity index (χ2n) is 5.98. The van der Waals surface area contributed by atoms with E-state index >= 15 is 0 Å². The van der Waals surface area contributed by atoms with Crippen LogP contribution in [0.25, 0.3) is 11.5 Å². The quantitative estimate of drug-likeness (QED) is 0.558. The van der Waals surface area contributed by atoms with Crippen molar-refractivity contribution in [2.75, 3.05) is 25.4 Å². The first kappa shape index (κ1) is 18.5. The molecule has 3 heterocycles. The van der Waals surface area contributed by atoms with E-state index in [1.807, 2.05) is 6.92 Å². The molecule has 0 radical (unpaired) electrons. The average molecular weight is 379 g/mol. The molecule has 0 aromatic carbocycles. The number of hydrogen-bond acceptors (Lipinski definition) is 8. The summed E-state index contributed by atoms with van der Waals surface area (Å²) in [5, 5.41) is 8.27. The summed E-state index contributed by atoms with van der Waals surface area (Å²) in [7, 11) is 0. The summed E-state index contributed by atoms with van der Waals surface area (Å²) in [6, 6.07) is 1.76. The number of rotatable bonds is 6. The minimum absolute atomic E-state index is 0.0526. The standard InChI is InChI=1S/C17H21N3O5S/c1-3-23-16(22)12-5-4-7-20(9-12)14(21)10-26-17-19-18-15(25-17)13-6-8-24-11(13)2/h6,8,12H,3-5,7,9-10H2,1-2H3/t12-/m1/s1. The van der Waals surface area contributed by atoms with Crippen LogP contribution >= 0.6 is 11.8 Å². The van der Waals surface area contributed by atoms with E-state index in [4.69, 9.17) is 13.6 Å². The maximum atomic E-state index is 12.4. The fourth-order valence-electron chi connectivity index (χ4n) is 2.85. The molecule has 0 aliphatic carbocycles. The van der Waals surface area contributed by atoms with E-state index in [-0.39, 0.29) is 23.5 Å². The Labute approximate surface area is 155 Å². The average Bonchev–Trinajstić information content (AvgIpc) is 3.28. The number of aromatic nitrogens is 2. The van der Waals surface area contributed by atoms with Gasteiger partial charge in [-0.25, -0.2) is 0 Å². The minimum atomic E-state index is -0.239. The molecule has 2 aromatic heterocycles. The molecule has 3 rings (SSSR count). The number of ether oxygens (including phenoxy) is 1. The highest BCUT2D eigenvalue weighted by atomic mass is 32.2. The van der Waals surface area contributed by atoms with Crippen LogP contribution in [0, 0.1) is 12.8 Å². The number of carbonyl (C=O) groups is 2. The lowest BCUT2D eigenvalue weighted by Gasteiger charge is -2.31. The van der Waals surface area contributed by atoms with Gasteiger partial charge in [0, 0.05) is 13.1 Å². The molecule has 8 nitrogen and oxygen atoms in total. The number of esters is 1. The molecule has 140 valence electrons. The largest absolute Gasteiger partial charge is 0.469 e. The van der Waals surface area contributed by atoms with Crippen molar-refractivity contribution >= 4 is 23.6 Å². The van der Waals surface area contributed by atoms with E-state index in [1.54, 1.807) is 24.2 Å². The van der Waals surface area contributed by atoms with E-state index in [0.717, 1.165) is 18.4 Å². The molecular formula is C17H21N3O5S. The van der Waals surface area contributed by atoms with Crippen LogP contribution in [-0.4, -0.2) is 52.4 Å². The first-order valence-corrected chi connectivity index (χ1v) is 9.52. The van der Waals surface area contributed by atoms with Crippen LogP contribution in [0.3, 0.4) is 0 Å². The molecular weight excluding hydrogens is 358 g/mol. The van der Waals surface area contributed by atoms with Crippen molar-refractivity contribution in [3.63, 3.8) is 0 Å². The Morgan fingerprint density at radius 2 is 2.27 bits per heavy atom. The van der Waals surface area contributed by atoms with Crippen LogP contribution in [0.2, 0.25) is 0 Å². The summed E-state index contributed by atoms with van der Waals surface area (Å²) in [4.78, 5) is 26.0. The van der Waals surface area contributed by atoms with Crippen molar-refractivity contribution in [1.82, 2.24) is 15.1 Å². The van der Waals surface area contributed by atoms with Gasteiger partial charge >= 0.3 is 5.97 Å². The second-order valence-corrected chi connectivity index (χ2v) is 6.91. The number of piperidine rings is 1. The normalized spacial score (nSPS) is 17.3. The lowest BCUT2D eigenvalue weighted by molar-refractivity contribution is -0.151. The van der Waals surface area contributed by atoms with Crippen LogP contribution < -0.4 is 0 Å². The van der Waals surface area contributed by atoms with Gasteiger partial charge in [-0.1, -0.05) is 11.8 Å². The molecule has 2 aromatic rings. The summed E-state index contributed by atoms with van der Waals surface area (Å²) in [5.41, 5.74) is 0.740. The van der Waals surface area contributed by atoms with E-state index in [9.17, 15) is 9.59 Å². The van der Waals surface area contributed by atoms with Gasteiger partial charge in [0.05, 0.1) is 30.1 Å². The molecule has 1 atom stereocenters. The van der Waals surface area contributed by atoms with Crippen molar-refractivity contribution in [3.05, 3.63) is 18.1 Å². The van der Waals surface area contributed by atoms with E-state index in [0.29, 0.717) is 36.6 Å². The zero-order valence-corrected chi connectivity index (χ0v) is 15.6. The topological polar surface area (TPSA) is 98.7 Å². The Hall–Kier alpha value is -2.29. The molecule has 0 bridgehead atoms. The minimum Gasteiger partial charge on any atom is -0.469 e. The molecule has 9 heteroatoms. The van der Waals surface area contributed by atoms with E-state index in [2.05, 4.69) is 10.2 Å². The van der Waals surface area contributed by atoms with Gasteiger partial charge in [0.15, 0.2) is 0 Å². The summed E-state index contributed by atoms with van der Waals surface area (Å²) in [6.45, 7) is 5.01. The van der Waals surface area contributed by atoms with Gasteiger partial charge in [0.2, 0.25) is 5.91 Å². The fourth-order valence-corrected chi connectivity index (χ4v) is 3.52. The Balaban J connectivity index is 1.53. The Kier molecular flexibility index (Phi) is 5.97. The van der Waals surface area contributed by atoms with Crippen molar-refractivity contribution in [2.24, 2.45) is 5.92 Å². The molecule has 1 saturated heterocycles. The maximum absolute atomic E-state index is 12.4. The van der Waals surface area contributed by atoms with E-state index in [1.165, 1.54) is 11.8 Å². The third kappa shape index (κ3) is 4.27. The van der Waals surface area contributed by atoms with E-state index < -0.39 is 0 Å². The SMILES string of the molecule is CCOC(=O)[C@@H]1CCCN(C(=O)CSc2nnc(-c3ccoc3C)o2)C1. The second kappa shape index (κ2) is 8.39. The molecule has 0 N–H and O–H groups in total. The van der Waals surface area contributed by atoms with Crippen molar-refractivity contribution in [2.45, 2.75) is 31.9 Å². The zero-order chi connectivity index (χ0) is 18.5. The Morgan fingerprint density at radius 3 is 3.00 bits per heavy atom. The molecule has 0 unspecified atom stereocenters. The molecule has 1 fully saturated rings. The van der Waals surface area contributed by atoms with Crippen LogP contribution in [0.15, 0.2) is 26.4 Å². The number of likely N-dealkylation sites (tertiary alicyclic amines) is 1. The number of hydrogen-bond donors (Lipinski definition) is 0. The summed E-state index contributed by atoms with van der Waals surface area (Å²) >= 11 is 1.19. The highest BCUT2D eigenvalue weighted by Gasteiger charge is 2.29. The molecule has 0 saturated carbocycles. The highest BCUT2D eigenvalue weighted by molar-refractivity contribution is 7.99. The lowest BCUT2D eigenvalue weighted by Crippen LogP contribution is -2.43. The van der Waals surface area contributed by atoms with Gasteiger partial charge in [-0.2, -0.15) is 0 Å². The monoisotopic (exact) mass is 379 g/mol. The van der Waals surface area contributed by atoms with Gasteiger partial charge in [0.1, 0.15) is 5.76 Å². The summed E-state index contributed by atoms with van der Waals surface area (Å²) in [6.07, 6.45) is 3.11. The molecule has 0 spiro atoms. The maximum Gasteiger partial charge on any atom is 0.310 e. The Morgan fingerprint density at radius 1 is 1.42 bits per heavy atom. The van der Waals surface area contributed by atoms with Crippen LogP contribution in [-0.2, 0) is 14.3 Å². The highest BCUT2D eigenvalue weighted by Crippen LogP contribution is 2.27. The number of thioether (sulfide) groups is 1. The number of amides is 1. The van der Waals surface area contributed by atoms with Gasteiger partial charge < -0.3 is 18.5 Å². The zero-order valence-electron chi connectivity index (χ0n) is 14.8. The number of carbonyl (C=O) groups excluding carboxylic acids is 2. The Bertz CT molecular complexity index is 772. The first-order chi connectivity index (χ1) is 12.6. The predicted octanol–water partition coefficient (Wildman–Crippen LogP) is 2.53. The van der Waals surface area contributed by atoms with Gasteiger partial charge in [-0.05, 0) is 32.8 Å². The number of furan rings is 1. The smallest absolute Gasteiger partial charge is 0.310 e. The van der Waals surface area contributed by atoms with Crippen LogP contribution in [0.5, 0.6) is 0 Å². The molecule has 1 amide bonds. The van der Waals surface area contributed by atoms with Gasteiger partial charge in [-0.3, -0.25) is 9.59 Å². The summed E-state index contributed by atoms with van der Waals surface area (Å²) < 4.78 is 15.9. The van der Waals surface area contributed by atoms with Crippen LogP contribution in [0.1, 0.15) is 25.5 Å². The fraction of sp³-hybridized carbons (Fsp3) is 0.529. The van der Waals surface area contributed by atoms with Crippen molar-refractivity contribution in [1.29, 1.82) is 0 Å². The first-order valence-electron chi connectivity index (χ1n) is 8.53.